The predicted octanol–water partition coefficient (Wildman–Crippen LogP) is 1.69. The second kappa shape index (κ2) is 4.21. The Morgan fingerprint density at radius 2 is 2.24 bits per heavy atom. The molecule has 0 radical (unpaired) electrons. The average molecular weight is 230 g/mol. The number of carbonyl (C=O) groups is 2. The van der Waals surface area contributed by atoms with Gasteiger partial charge in [0.15, 0.2) is 6.29 Å². The summed E-state index contributed by atoms with van der Waals surface area (Å²) in [7, 11) is 0. The molecule has 86 valence electrons. The molecule has 0 saturated carbocycles. The molecular weight excluding hydrogens is 220 g/mol. The zero-order valence-electron chi connectivity index (χ0n) is 9.12. The first-order chi connectivity index (χ1) is 8.11. The quantitative estimate of drug-likeness (QED) is 0.814. The summed E-state index contributed by atoms with van der Waals surface area (Å²) >= 11 is 0. The molecule has 1 N–H and O–H groups in total. The van der Waals surface area contributed by atoms with Gasteiger partial charge in [-0.2, -0.15) is 5.10 Å². The van der Waals surface area contributed by atoms with Gasteiger partial charge in [-0.3, -0.25) is 4.79 Å². The first-order valence-corrected chi connectivity index (χ1v) is 4.97. The Hall–Kier alpha value is -2.43. The van der Waals surface area contributed by atoms with Gasteiger partial charge in [0.2, 0.25) is 0 Å². The fraction of sp³-hybridized carbons (Fsp3) is 0.0833. The number of nitrogens with zero attached hydrogens (tertiary/aromatic N) is 2. The van der Waals surface area contributed by atoms with Crippen molar-refractivity contribution in [2.75, 3.05) is 0 Å². The lowest BCUT2D eigenvalue weighted by atomic mass is 10.2. The smallest absolute Gasteiger partial charge is 0.335 e. The lowest BCUT2D eigenvalue weighted by Gasteiger charge is -2.01. The fourth-order valence-electron chi connectivity index (χ4n) is 1.50. The van der Waals surface area contributed by atoms with E-state index in [4.69, 9.17) is 5.11 Å². The van der Waals surface area contributed by atoms with Crippen LogP contribution >= 0.6 is 0 Å². The van der Waals surface area contributed by atoms with Crippen molar-refractivity contribution in [3.05, 3.63) is 47.3 Å². The molecule has 0 amide bonds. The van der Waals surface area contributed by atoms with Gasteiger partial charge >= 0.3 is 5.97 Å². The van der Waals surface area contributed by atoms with Crippen LogP contribution < -0.4 is 0 Å². The number of hydrogen-bond acceptors (Lipinski definition) is 3. The van der Waals surface area contributed by atoms with E-state index < -0.39 is 5.97 Å². The number of hydrogen-bond donors (Lipinski definition) is 1. The fourth-order valence-corrected chi connectivity index (χ4v) is 1.50. The monoisotopic (exact) mass is 230 g/mol. The largest absolute Gasteiger partial charge is 0.478 e. The number of rotatable bonds is 3. The summed E-state index contributed by atoms with van der Waals surface area (Å²) in [5.74, 6) is -0.994. The Morgan fingerprint density at radius 1 is 1.47 bits per heavy atom. The molecule has 5 nitrogen and oxygen atoms in total. The first kappa shape index (κ1) is 11.1. The van der Waals surface area contributed by atoms with E-state index in [1.807, 2.05) is 0 Å². The van der Waals surface area contributed by atoms with Crippen LogP contribution in [0.2, 0.25) is 0 Å². The highest BCUT2D eigenvalue weighted by atomic mass is 16.4. The number of aldehydes is 1. The standard InChI is InChI=1S/C12H10N2O3/c1-8-10(7-15)6-14(13-8)11-4-2-3-9(5-11)12(16)17/h2-7H,1H3,(H,16,17). The van der Waals surface area contributed by atoms with E-state index in [-0.39, 0.29) is 5.56 Å². The summed E-state index contributed by atoms with van der Waals surface area (Å²) in [6.07, 6.45) is 2.29. The lowest BCUT2D eigenvalue weighted by molar-refractivity contribution is 0.0696. The summed E-state index contributed by atoms with van der Waals surface area (Å²) in [6, 6.07) is 6.37. The summed E-state index contributed by atoms with van der Waals surface area (Å²) < 4.78 is 1.49. The highest BCUT2D eigenvalue weighted by molar-refractivity contribution is 5.88. The molecule has 1 aromatic carbocycles. The number of carboxylic acid groups (broad SMARTS) is 1. The Kier molecular flexibility index (Phi) is 2.74. The lowest BCUT2D eigenvalue weighted by Crippen LogP contribution is -2.00. The molecule has 0 saturated heterocycles. The van der Waals surface area contributed by atoms with Crippen molar-refractivity contribution in [2.24, 2.45) is 0 Å². The van der Waals surface area contributed by atoms with Crippen LogP contribution in [0.3, 0.4) is 0 Å². The SMILES string of the molecule is Cc1nn(-c2cccc(C(=O)O)c2)cc1C=O. The van der Waals surface area contributed by atoms with Crippen LogP contribution in [-0.4, -0.2) is 27.1 Å². The van der Waals surface area contributed by atoms with Crippen molar-refractivity contribution in [3.63, 3.8) is 0 Å². The average Bonchev–Trinajstić information content (AvgIpc) is 2.71. The number of aryl methyl sites for hydroxylation is 1. The summed E-state index contributed by atoms with van der Waals surface area (Å²) in [4.78, 5) is 21.5. The summed E-state index contributed by atoms with van der Waals surface area (Å²) in [5.41, 5.74) is 1.90. The maximum atomic E-state index is 10.8. The van der Waals surface area contributed by atoms with Crippen LogP contribution in [-0.2, 0) is 0 Å². The Labute approximate surface area is 97.3 Å². The van der Waals surface area contributed by atoms with Crippen LogP contribution in [0.15, 0.2) is 30.5 Å². The molecule has 0 aliphatic carbocycles. The number of aromatic nitrogens is 2. The van der Waals surface area contributed by atoms with Crippen molar-refractivity contribution >= 4 is 12.3 Å². The Morgan fingerprint density at radius 3 is 2.82 bits per heavy atom. The molecule has 0 spiro atoms. The van der Waals surface area contributed by atoms with Crippen LogP contribution in [0.4, 0.5) is 0 Å². The maximum absolute atomic E-state index is 10.8. The third-order valence-corrected chi connectivity index (χ3v) is 2.42. The molecule has 0 aliphatic heterocycles. The molecular formula is C12H10N2O3. The Bertz CT molecular complexity index is 587. The number of benzene rings is 1. The van der Waals surface area contributed by atoms with E-state index >= 15 is 0 Å². The van der Waals surface area contributed by atoms with Gasteiger partial charge in [-0.1, -0.05) is 6.07 Å². The summed E-state index contributed by atoms with van der Waals surface area (Å²) in [5, 5.41) is 13.0. The molecule has 0 bridgehead atoms. The van der Waals surface area contributed by atoms with Crippen LogP contribution in [0.25, 0.3) is 5.69 Å². The second-order valence-corrected chi connectivity index (χ2v) is 3.59. The molecule has 17 heavy (non-hydrogen) atoms. The molecule has 5 heteroatoms. The van der Waals surface area contributed by atoms with Crippen LogP contribution in [0.5, 0.6) is 0 Å². The molecule has 1 heterocycles. The normalized spacial score (nSPS) is 10.2. The van der Waals surface area contributed by atoms with E-state index in [0.29, 0.717) is 16.9 Å². The molecule has 2 rings (SSSR count). The van der Waals surface area contributed by atoms with Crippen molar-refractivity contribution in [2.45, 2.75) is 6.92 Å². The molecule has 0 fully saturated rings. The zero-order chi connectivity index (χ0) is 12.4. The van der Waals surface area contributed by atoms with Crippen LogP contribution in [0, 0.1) is 6.92 Å². The first-order valence-electron chi connectivity index (χ1n) is 4.97. The van der Waals surface area contributed by atoms with Gasteiger partial charge in [0.1, 0.15) is 0 Å². The number of carboxylic acids is 1. The van der Waals surface area contributed by atoms with Crippen molar-refractivity contribution in [3.8, 4) is 5.69 Å². The molecule has 0 aliphatic rings. The van der Waals surface area contributed by atoms with Gasteiger partial charge in [0.25, 0.3) is 0 Å². The minimum Gasteiger partial charge on any atom is -0.478 e. The number of carbonyl (C=O) groups excluding carboxylic acids is 1. The van der Waals surface area contributed by atoms with Crippen molar-refractivity contribution in [1.82, 2.24) is 9.78 Å². The predicted molar refractivity (Wildman–Crippen MR) is 60.6 cm³/mol. The van der Waals surface area contributed by atoms with E-state index in [1.165, 1.54) is 16.8 Å². The van der Waals surface area contributed by atoms with Gasteiger partial charge in [-0.15, -0.1) is 0 Å². The van der Waals surface area contributed by atoms with Gasteiger partial charge in [0, 0.05) is 6.20 Å². The molecule has 1 aromatic heterocycles. The van der Waals surface area contributed by atoms with Crippen LogP contribution in [0.1, 0.15) is 26.4 Å². The zero-order valence-corrected chi connectivity index (χ0v) is 9.12. The third-order valence-electron chi connectivity index (χ3n) is 2.42. The van der Waals surface area contributed by atoms with E-state index in [9.17, 15) is 9.59 Å². The highest BCUT2D eigenvalue weighted by Gasteiger charge is 2.07. The van der Waals surface area contributed by atoms with Crippen molar-refractivity contribution < 1.29 is 14.7 Å². The minimum atomic E-state index is -0.994. The minimum absolute atomic E-state index is 0.184. The van der Waals surface area contributed by atoms with Gasteiger partial charge in [0.05, 0.1) is 22.5 Å². The van der Waals surface area contributed by atoms with E-state index in [1.54, 1.807) is 25.3 Å². The van der Waals surface area contributed by atoms with Gasteiger partial charge in [-0.05, 0) is 25.1 Å². The maximum Gasteiger partial charge on any atom is 0.335 e. The third kappa shape index (κ3) is 2.08. The molecule has 2 aromatic rings. The summed E-state index contributed by atoms with van der Waals surface area (Å²) in [6.45, 7) is 1.72. The van der Waals surface area contributed by atoms with Crippen molar-refractivity contribution in [1.29, 1.82) is 0 Å². The topological polar surface area (TPSA) is 72.2 Å². The van der Waals surface area contributed by atoms with Gasteiger partial charge in [-0.25, -0.2) is 9.48 Å². The highest BCUT2D eigenvalue weighted by Crippen LogP contribution is 2.12. The van der Waals surface area contributed by atoms with E-state index in [2.05, 4.69) is 5.10 Å². The molecule has 0 atom stereocenters. The number of aromatic carboxylic acids is 1. The van der Waals surface area contributed by atoms with Gasteiger partial charge < -0.3 is 5.11 Å². The second-order valence-electron chi connectivity index (χ2n) is 3.59. The Balaban J connectivity index is 2.48. The van der Waals surface area contributed by atoms with E-state index in [0.717, 1.165) is 6.29 Å². The molecule has 0 unspecified atom stereocenters.